The van der Waals surface area contributed by atoms with Crippen LogP contribution in [0.2, 0.25) is 0 Å². The van der Waals surface area contributed by atoms with Crippen LogP contribution in [0.3, 0.4) is 0 Å². The molecule has 0 atom stereocenters. The molecule has 0 saturated carbocycles. The number of carbonyl (C=O) groups is 1. The summed E-state index contributed by atoms with van der Waals surface area (Å²) >= 11 is 0. The average molecular weight is 640 g/mol. The standard InChI is InChI=1S/C28H33F2N3O.C10H12F2.2H2/c1-28(29,30)21-10-7-19(8-11-21)18-33-15-13-22(14-16-33)31-27(34)20-9-12-26-24(17-20)23-5-3-2-4-6-25(23)32-26;1-3-8-4-6-9(7-5-8)10(2,11)12;;/h7-12,17,22,32H,2-6,13-16,18H2,1H3,(H,31,34);4-7H,3H2,1-2H3;2*1H. The monoisotopic (exact) mass is 639 g/mol. The third-order valence-electron chi connectivity index (χ3n) is 9.27. The number of aromatic amines is 1. The molecule has 6 rings (SSSR count). The molecule has 1 aliphatic heterocycles. The minimum atomic E-state index is -2.81. The normalized spacial score (nSPS) is 16.3. The van der Waals surface area contributed by atoms with Gasteiger partial charge in [-0.15, -0.1) is 0 Å². The number of alkyl halides is 4. The fourth-order valence-corrected chi connectivity index (χ4v) is 6.42. The van der Waals surface area contributed by atoms with E-state index < -0.39 is 11.8 Å². The number of nitrogens with one attached hydrogen (secondary N) is 2. The van der Waals surface area contributed by atoms with Crippen molar-refractivity contribution in [2.75, 3.05) is 13.1 Å². The molecule has 1 fully saturated rings. The van der Waals surface area contributed by atoms with Gasteiger partial charge >= 0.3 is 0 Å². The van der Waals surface area contributed by atoms with Crippen molar-refractivity contribution < 1.29 is 25.2 Å². The van der Waals surface area contributed by atoms with E-state index >= 15 is 0 Å². The average Bonchev–Trinajstić information content (AvgIpc) is 3.21. The fourth-order valence-electron chi connectivity index (χ4n) is 6.42. The first-order valence-electron chi connectivity index (χ1n) is 16.5. The number of nitrogens with zero attached hydrogens (tertiary/aromatic N) is 1. The summed E-state index contributed by atoms with van der Waals surface area (Å²) in [6.45, 7) is 6.33. The lowest BCUT2D eigenvalue weighted by molar-refractivity contribution is 0.0168. The topological polar surface area (TPSA) is 48.1 Å². The van der Waals surface area contributed by atoms with E-state index in [4.69, 9.17) is 0 Å². The summed E-state index contributed by atoms with van der Waals surface area (Å²) < 4.78 is 52.2. The van der Waals surface area contributed by atoms with E-state index in [0.717, 1.165) is 87.8 Å². The van der Waals surface area contributed by atoms with Gasteiger partial charge in [-0.05, 0) is 79.8 Å². The number of hydrogen-bond acceptors (Lipinski definition) is 2. The number of benzene rings is 3. The van der Waals surface area contributed by atoms with E-state index in [1.807, 2.05) is 19.1 Å². The molecule has 1 aromatic heterocycles. The Labute approximate surface area is 272 Å². The predicted octanol–water partition coefficient (Wildman–Crippen LogP) is 9.80. The SMILES string of the molecule is CC(F)(F)c1ccc(CN2CCC(NC(=O)c3ccc4[nH]c5c(c4c3)CCCCC5)CC2)cc1.CCc1ccc(C(C)(F)F)cc1.[HH].[HH]. The van der Waals surface area contributed by atoms with Gasteiger partial charge in [-0.25, -0.2) is 17.6 Å². The largest absolute Gasteiger partial charge is 0.358 e. The van der Waals surface area contributed by atoms with Gasteiger partial charge in [0.15, 0.2) is 0 Å². The van der Waals surface area contributed by atoms with Crippen LogP contribution in [0, 0.1) is 0 Å². The Bertz CT molecular complexity index is 1600. The Balaban J connectivity index is 0.000000381. The van der Waals surface area contributed by atoms with E-state index in [1.54, 1.807) is 24.3 Å². The highest BCUT2D eigenvalue weighted by molar-refractivity contribution is 5.99. The second-order valence-corrected chi connectivity index (χ2v) is 13.0. The number of piperidine rings is 1. The van der Waals surface area contributed by atoms with Gasteiger partial charge in [0.1, 0.15) is 0 Å². The van der Waals surface area contributed by atoms with Gasteiger partial charge in [-0.3, -0.25) is 9.69 Å². The van der Waals surface area contributed by atoms with Gasteiger partial charge in [-0.2, -0.15) is 0 Å². The van der Waals surface area contributed by atoms with Crippen molar-refractivity contribution >= 4 is 16.8 Å². The van der Waals surface area contributed by atoms with Crippen LogP contribution in [-0.2, 0) is 37.7 Å². The second kappa shape index (κ2) is 14.4. The smallest absolute Gasteiger partial charge is 0.270 e. The fraction of sp³-hybridized carbons (Fsp3) is 0.447. The second-order valence-electron chi connectivity index (χ2n) is 13.0. The van der Waals surface area contributed by atoms with Gasteiger partial charge in [0.2, 0.25) is 0 Å². The Morgan fingerprint density at radius 2 is 1.43 bits per heavy atom. The zero-order chi connectivity index (χ0) is 32.9. The van der Waals surface area contributed by atoms with Gasteiger partial charge in [0, 0.05) is 75.7 Å². The van der Waals surface area contributed by atoms with Gasteiger partial charge in [0.05, 0.1) is 0 Å². The number of fused-ring (bicyclic) bond motifs is 3. The van der Waals surface area contributed by atoms with E-state index in [2.05, 4.69) is 21.3 Å². The summed E-state index contributed by atoms with van der Waals surface area (Å²) in [5.74, 6) is -5.52. The molecule has 0 unspecified atom stereocenters. The number of aromatic nitrogens is 1. The Hall–Kier alpha value is -3.65. The van der Waals surface area contributed by atoms with Gasteiger partial charge < -0.3 is 10.3 Å². The van der Waals surface area contributed by atoms with Gasteiger partial charge in [0.25, 0.3) is 17.8 Å². The molecule has 2 heterocycles. The Kier molecular flexibility index (Phi) is 10.6. The summed E-state index contributed by atoms with van der Waals surface area (Å²) in [7, 11) is 0. The molecular weight excluding hydrogens is 590 g/mol. The number of carbonyl (C=O) groups excluding carboxylic acids is 1. The summed E-state index contributed by atoms with van der Waals surface area (Å²) in [6, 6.07) is 19.2. The van der Waals surface area contributed by atoms with Crippen LogP contribution >= 0.6 is 0 Å². The van der Waals surface area contributed by atoms with Crippen molar-refractivity contribution in [1.82, 2.24) is 15.2 Å². The predicted molar refractivity (Wildman–Crippen MR) is 181 cm³/mol. The Morgan fingerprint density at radius 3 is 2.02 bits per heavy atom. The highest BCUT2D eigenvalue weighted by atomic mass is 19.3. The number of halogens is 4. The summed E-state index contributed by atoms with van der Waals surface area (Å²) in [4.78, 5) is 18.9. The highest BCUT2D eigenvalue weighted by Gasteiger charge is 2.25. The van der Waals surface area contributed by atoms with Crippen LogP contribution in [-0.4, -0.2) is 34.9 Å². The van der Waals surface area contributed by atoms with Crippen molar-refractivity contribution in [3.8, 4) is 0 Å². The molecule has 46 heavy (non-hydrogen) atoms. The number of amides is 1. The van der Waals surface area contributed by atoms with Crippen molar-refractivity contribution in [1.29, 1.82) is 0 Å². The molecule has 4 nitrogen and oxygen atoms in total. The first-order valence-corrected chi connectivity index (χ1v) is 16.5. The number of rotatable bonds is 7. The van der Waals surface area contributed by atoms with E-state index in [1.165, 1.54) is 60.2 Å². The van der Waals surface area contributed by atoms with Gasteiger partial charge in [-0.1, -0.05) is 61.9 Å². The van der Waals surface area contributed by atoms with Crippen molar-refractivity contribution in [2.45, 2.75) is 96.6 Å². The molecule has 2 N–H and O–H groups in total. The Morgan fingerprint density at radius 1 is 0.848 bits per heavy atom. The summed E-state index contributed by atoms with van der Waals surface area (Å²) in [5, 5.41) is 4.43. The van der Waals surface area contributed by atoms with Crippen molar-refractivity contribution in [3.05, 3.63) is 106 Å². The zero-order valence-electron chi connectivity index (χ0n) is 27.1. The molecule has 1 saturated heterocycles. The highest BCUT2D eigenvalue weighted by Crippen LogP contribution is 2.30. The number of likely N-dealkylation sites (tertiary alicyclic amines) is 1. The van der Waals surface area contributed by atoms with E-state index in [-0.39, 0.29) is 25.9 Å². The summed E-state index contributed by atoms with van der Waals surface area (Å²) in [5.41, 5.74) is 6.85. The first-order chi connectivity index (χ1) is 21.9. The number of aryl methyl sites for hydroxylation is 3. The lowest BCUT2D eigenvalue weighted by Crippen LogP contribution is -2.44. The van der Waals surface area contributed by atoms with Crippen LogP contribution in [0.4, 0.5) is 17.6 Å². The van der Waals surface area contributed by atoms with Crippen LogP contribution in [0.25, 0.3) is 10.9 Å². The molecule has 250 valence electrons. The van der Waals surface area contributed by atoms with Crippen LogP contribution in [0.5, 0.6) is 0 Å². The van der Waals surface area contributed by atoms with Crippen molar-refractivity contribution in [3.63, 3.8) is 0 Å². The molecule has 0 radical (unpaired) electrons. The molecular formula is C38H49F4N3O. The zero-order valence-corrected chi connectivity index (χ0v) is 27.1. The van der Waals surface area contributed by atoms with Crippen LogP contribution in [0.15, 0.2) is 66.7 Å². The molecule has 1 aliphatic carbocycles. The molecule has 2 aliphatic rings. The maximum atomic E-state index is 13.4. The van der Waals surface area contributed by atoms with E-state index in [9.17, 15) is 22.4 Å². The van der Waals surface area contributed by atoms with Crippen molar-refractivity contribution in [2.24, 2.45) is 0 Å². The lowest BCUT2D eigenvalue weighted by Gasteiger charge is -2.32. The maximum absolute atomic E-state index is 13.4. The minimum absolute atomic E-state index is 0. The molecule has 1 amide bonds. The number of hydrogen-bond donors (Lipinski definition) is 2. The van der Waals surface area contributed by atoms with Crippen LogP contribution < -0.4 is 5.32 Å². The third-order valence-corrected chi connectivity index (χ3v) is 9.27. The van der Waals surface area contributed by atoms with E-state index in [0.29, 0.717) is 0 Å². The number of H-pyrrole nitrogens is 1. The molecule has 0 bridgehead atoms. The summed E-state index contributed by atoms with van der Waals surface area (Å²) in [6.07, 6.45) is 8.55. The third kappa shape index (κ3) is 8.58. The lowest BCUT2D eigenvalue weighted by atomic mass is 10.0. The molecule has 3 aromatic carbocycles. The quantitative estimate of drug-likeness (QED) is 0.156. The maximum Gasteiger partial charge on any atom is 0.270 e. The molecule has 0 spiro atoms. The molecule has 8 heteroatoms. The molecule has 4 aromatic rings. The minimum Gasteiger partial charge on any atom is -0.358 e. The first kappa shape index (κ1) is 33.7. The van der Waals surface area contributed by atoms with Crippen LogP contribution in [0.1, 0.15) is 99.6 Å².